The predicted octanol–water partition coefficient (Wildman–Crippen LogP) is 6.82. The molecule has 0 spiro atoms. The number of nitrogens with zero attached hydrogens (tertiary/aromatic N) is 3. The van der Waals surface area contributed by atoms with Crippen LogP contribution in [-0.2, 0) is 0 Å². The Morgan fingerprint density at radius 2 is 1.70 bits per heavy atom. The van der Waals surface area contributed by atoms with Crippen molar-refractivity contribution in [2.45, 2.75) is 0 Å². The molecule has 0 aliphatic carbocycles. The Bertz CT molecular complexity index is 1390. The minimum Gasteiger partial charge on any atom is -0.240 e. The van der Waals surface area contributed by atoms with Crippen LogP contribution in [-0.4, -0.2) is 9.78 Å². The number of para-hydroxylation sites is 1. The number of aromatic nitrogens is 2. The van der Waals surface area contributed by atoms with Gasteiger partial charge in [-0.3, -0.25) is 0 Å². The number of nitriles is 1. The first-order chi connectivity index (χ1) is 14.8. The predicted molar refractivity (Wildman–Crippen MR) is 124 cm³/mol. The highest BCUT2D eigenvalue weighted by Crippen LogP contribution is 2.30. The van der Waals surface area contributed by atoms with Crippen LogP contribution in [0, 0.1) is 11.3 Å². The van der Waals surface area contributed by atoms with Gasteiger partial charge >= 0.3 is 0 Å². The zero-order valence-electron chi connectivity index (χ0n) is 16.1. The second-order valence-corrected chi connectivity index (χ2v) is 7.87. The van der Waals surface area contributed by atoms with Gasteiger partial charge < -0.3 is 0 Å². The maximum Gasteiger partial charge on any atom is 0.101 e. The lowest BCUT2D eigenvalue weighted by Crippen LogP contribution is -1.94. The Labute approximate surface area is 178 Å². The van der Waals surface area contributed by atoms with Gasteiger partial charge in [-0.15, -0.1) is 11.3 Å². The van der Waals surface area contributed by atoms with E-state index in [1.54, 1.807) is 11.3 Å². The second-order valence-electron chi connectivity index (χ2n) is 6.92. The van der Waals surface area contributed by atoms with Crippen LogP contribution in [0.5, 0.6) is 0 Å². The smallest absolute Gasteiger partial charge is 0.101 e. The molecule has 0 aliphatic heterocycles. The van der Waals surface area contributed by atoms with E-state index in [0.717, 1.165) is 32.8 Å². The van der Waals surface area contributed by atoms with E-state index in [9.17, 15) is 5.26 Å². The molecule has 0 bridgehead atoms. The number of allylic oxidation sites excluding steroid dienone is 1. The van der Waals surface area contributed by atoms with E-state index in [2.05, 4.69) is 36.4 Å². The lowest BCUT2D eigenvalue weighted by molar-refractivity contribution is 0.884. The summed E-state index contributed by atoms with van der Waals surface area (Å²) in [6.07, 6.45) is 3.92. The van der Waals surface area contributed by atoms with Crippen molar-refractivity contribution in [3.05, 3.63) is 107 Å². The van der Waals surface area contributed by atoms with Crippen LogP contribution in [0.15, 0.2) is 96.5 Å². The maximum absolute atomic E-state index is 9.75. The van der Waals surface area contributed by atoms with E-state index in [1.165, 1.54) is 5.39 Å². The molecule has 0 radical (unpaired) electrons. The van der Waals surface area contributed by atoms with Gasteiger partial charge in [-0.25, -0.2) is 4.68 Å². The molecule has 142 valence electrons. The molecule has 0 atom stereocenters. The molecule has 0 saturated carbocycles. The molecule has 0 amide bonds. The summed E-state index contributed by atoms with van der Waals surface area (Å²) in [7, 11) is 0. The zero-order valence-corrected chi connectivity index (χ0v) is 16.9. The number of fused-ring (bicyclic) bond motifs is 1. The van der Waals surface area contributed by atoms with Gasteiger partial charge in [0.2, 0.25) is 0 Å². The van der Waals surface area contributed by atoms with Crippen molar-refractivity contribution >= 4 is 33.8 Å². The van der Waals surface area contributed by atoms with Crippen molar-refractivity contribution < 1.29 is 0 Å². The van der Waals surface area contributed by atoms with Crippen LogP contribution in [0.3, 0.4) is 0 Å². The summed E-state index contributed by atoms with van der Waals surface area (Å²) < 4.78 is 1.87. The Hall–Kier alpha value is -3.94. The minimum absolute atomic E-state index is 0.639. The van der Waals surface area contributed by atoms with Crippen LogP contribution in [0.2, 0.25) is 0 Å². The molecule has 4 heteroatoms. The Balaban J connectivity index is 1.70. The van der Waals surface area contributed by atoms with Crippen LogP contribution < -0.4 is 0 Å². The minimum atomic E-state index is 0.639. The number of rotatable bonds is 4. The fraction of sp³-hybridized carbons (Fsp3) is 0. The molecule has 0 aliphatic rings. The van der Waals surface area contributed by atoms with Crippen molar-refractivity contribution in [1.29, 1.82) is 5.26 Å². The summed E-state index contributed by atoms with van der Waals surface area (Å²) in [5, 5.41) is 19.0. The standard InChI is InChI=1S/C26H17N3S/c27-17-22(25-11-6-14-30-25)16-23-18-29(24-9-2-1-3-10-24)28-26(23)21-13-12-19-7-4-5-8-20(19)15-21/h1-16,18H/b22-16+. The summed E-state index contributed by atoms with van der Waals surface area (Å²) in [6.45, 7) is 0. The van der Waals surface area contributed by atoms with E-state index < -0.39 is 0 Å². The quantitative estimate of drug-likeness (QED) is 0.309. The summed E-state index contributed by atoms with van der Waals surface area (Å²) in [4.78, 5) is 0.953. The first kappa shape index (κ1) is 18.1. The van der Waals surface area contributed by atoms with Gasteiger partial charge in [-0.1, -0.05) is 60.7 Å². The molecule has 30 heavy (non-hydrogen) atoms. The third-order valence-electron chi connectivity index (χ3n) is 4.99. The third kappa shape index (κ3) is 3.43. The van der Waals surface area contributed by atoms with Crippen molar-refractivity contribution in [3.8, 4) is 23.0 Å². The van der Waals surface area contributed by atoms with Crippen LogP contribution >= 0.6 is 11.3 Å². The van der Waals surface area contributed by atoms with Crippen LogP contribution in [0.4, 0.5) is 0 Å². The Morgan fingerprint density at radius 1 is 0.900 bits per heavy atom. The van der Waals surface area contributed by atoms with Gasteiger partial charge in [0, 0.05) is 22.2 Å². The molecule has 3 aromatic carbocycles. The third-order valence-corrected chi connectivity index (χ3v) is 5.90. The van der Waals surface area contributed by atoms with Crippen molar-refractivity contribution in [3.63, 3.8) is 0 Å². The molecule has 0 unspecified atom stereocenters. The Morgan fingerprint density at radius 3 is 2.47 bits per heavy atom. The number of hydrogen-bond acceptors (Lipinski definition) is 3. The average Bonchev–Trinajstić information content (AvgIpc) is 3.48. The molecule has 0 fully saturated rings. The molecular formula is C26H17N3S. The second kappa shape index (κ2) is 7.82. The van der Waals surface area contributed by atoms with Gasteiger partial charge in [0.05, 0.1) is 11.3 Å². The van der Waals surface area contributed by atoms with Crippen molar-refractivity contribution in [2.24, 2.45) is 0 Å². The highest BCUT2D eigenvalue weighted by Gasteiger charge is 2.13. The van der Waals surface area contributed by atoms with Gasteiger partial charge in [0.15, 0.2) is 0 Å². The Kier molecular flexibility index (Phi) is 4.72. The van der Waals surface area contributed by atoms with Crippen molar-refractivity contribution in [2.75, 3.05) is 0 Å². The lowest BCUT2D eigenvalue weighted by atomic mass is 10.0. The SMILES string of the molecule is N#C/C(=C\c1cn(-c2ccccc2)nc1-c1ccc2ccccc2c1)c1cccs1. The van der Waals surface area contributed by atoms with Crippen LogP contribution in [0.25, 0.3) is 39.4 Å². The molecular weight excluding hydrogens is 386 g/mol. The molecule has 5 aromatic rings. The number of thiophene rings is 1. The number of benzene rings is 3. The fourth-order valence-corrected chi connectivity index (χ4v) is 4.21. The van der Waals surface area contributed by atoms with Gasteiger partial charge in [-0.05, 0) is 46.5 Å². The zero-order chi connectivity index (χ0) is 20.3. The molecule has 2 heterocycles. The van der Waals surface area contributed by atoms with E-state index in [1.807, 2.05) is 76.9 Å². The summed E-state index contributed by atoms with van der Waals surface area (Å²) >= 11 is 1.56. The summed E-state index contributed by atoms with van der Waals surface area (Å²) in [5.74, 6) is 0. The molecule has 3 nitrogen and oxygen atoms in total. The van der Waals surface area contributed by atoms with E-state index in [-0.39, 0.29) is 0 Å². The first-order valence-corrected chi connectivity index (χ1v) is 10.5. The van der Waals surface area contributed by atoms with Crippen LogP contribution in [0.1, 0.15) is 10.4 Å². The van der Waals surface area contributed by atoms with E-state index in [0.29, 0.717) is 5.57 Å². The molecule has 0 N–H and O–H groups in total. The van der Waals surface area contributed by atoms with Crippen molar-refractivity contribution in [1.82, 2.24) is 9.78 Å². The maximum atomic E-state index is 9.75. The van der Waals surface area contributed by atoms with E-state index >= 15 is 0 Å². The first-order valence-electron chi connectivity index (χ1n) is 9.62. The fourth-order valence-electron chi connectivity index (χ4n) is 3.51. The number of hydrogen-bond donors (Lipinski definition) is 0. The topological polar surface area (TPSA) is 41.6 Å². The largest absolute Gasteiger partial charge is 0.240 e. The molecule has 2 aromatic heterocycles. The van der Waals surface area contributed by atoms with Gasteiger partial charge in [0.1, 0.15) is 11.8 Å². The average molecular weight is 404 g/mol. The highest BCUT2D eigenvalue weighted by atomic mass is 32.1. The molecule has 0 saturated heterocycles. The highest BCUT2D eigenvalue weighted by molar-refractivity contribution is 7.11. The summed E-state index contributed by atoms with van der Waals surface area (Å²) in [5.41, 5.74) is 4.42. The molecule has 5 rings (SSSR count). The van der Waals surface area contributed by atoms with Gasteiger partial charge in [0.25, 0.3) is 0 Å². The lowest BCUT2D eigenvalue weighted by Gasteiger charge is -2.03. The monoisotopic (exact) mass is 403 g/mol. The summed E-state index contributed by atoms with van der Waals surface area (Å²) in [6, 6.07) is 31.0. The van der Waals surface area contributed by atoms with E-state index in [4.69, 9.17) is 5.10 Å². The van der Waals surface area contributed by atoms with Gasteiger partial charge in [-0.2, -0.15) is 10.4 Å². The normalized spacial score (nSPS) is 11.5.